The maximum Gasteiger partial charge on any atom is 0.534 e. The summed E-state index contributed by atoms with van der Waals surface area (Å²) in [7, 11) is -5.85. The largest absolute Gasteiger partial charge is 0.534 e. The number of fused-ring (bicyclic) bond motifs is 1. The molecule has 0 radical (unpaired) electrons. The Morgan fingerprint density at radius 1 is 1.12 bits per heavy atom. The van der Waals surface area contributed by atoms with E-state index in [2.05, 4.69) is 14.8 Å². The van der Waals surface area contributed by atoms with Crippen LogP contribution in [0, 0.1) is 5.92 Å². The topological polar surface area (TPSA) is 144 Å². The Kier molecular flexibility index (Phi) is 9.74. The molecule has 0 bridgehead atoms. The molecule has 1 aromatic heterocycles. The summed E-state index contributed by atoms with van der Waals surface area (Å²) in [5.74, 6) is -1.70. The number of furan rings is 1. The van der Waals surface area contributed by atoms with Gasteiger partial charge in [-0.05, 0) is 71.1 Å². The monoisotopic (exact) mass is 619 g/mol. The summed E-state index contributed by atoms with van der Waals surface area (Å²) >= 11 is 0. The lowest BCUT2D eigenvalue weighted by Crippen LogP contribution is -2.56. The Morgan fingerprint density at radius 3 is 2.38 bits per heavy atom. The van der Waals surface area contributed by atoms with Crippen LogP contribution in [0.1, 0.15) is 59.9 Å². The molecule has 2 N–H and O–H groups in total. The van der Waals surface area contributed by atoms with Crippen molar-refractivity contribution in [3.05, 3.63) is 30.0 Å². The van der Waals surface area contributed by atoms with Crippen LogP contribution in [0.15, 0.2) is 28.9 Å². The number of likely N-dealkylation sites (tertiary alicyclic amines) is 1. The van der Waals surface area contributed by atoms with E-state index in [1.165, 1.54) is 19.3 Å². The van der Waals surface area contributed by atoms with Crippen molar-refractivity contribution in [3.63, 3.8) is 0 Å². The van der Waals surface area contributed by atoms with E-state index in [1.807, 2.05) is 0 Å². The summed E-state index contributed by atoms with van der Waals surface area (Å²) in [4.78, 5) is 40.2. The van der Waals surface area contributed by atoms with Gasteiger partial charge in [-0.25, -0.2) is 4.79 Å². The number of alkyl carbamates (subject to hydrolysis) is 1. The van der Waals surface area contributed by atoms with Gasteiger partial charge in [0.1, 0.15) is 29.0 Å². The van der Waals surface area contributed by atoms with Gasteiger partial charge in [0.15, 0.2) is 0 Å². The van der Waals surface area contributed by atoms with E-state index in [0.717, 1.165) is 12.1 Å². The zero-order valence-electron chi connectivity index (χ0n) is 24.2. The fraction of sp³-hybridized carbons (Fsp3) is 0.593. The van der Waals surface area contributed by atoms with Crippen molar-refractivity contribution in [2.45, 2.75) is 90.0 Å². The molecule has 3 unspecified atom stereocenters. The molecule has 3 atom stereocenters. The van der Waals surface area contributed by atoms with Crippen LogP contribution in [0.25, 0.3) is 11.0 Å². The van der Waals surface area contributed by atoms with Crippen LogP contribution in [0.3, 0.4) is 0 Å². The number of nitrogens with zero attached hydrogens (tertiary/aromatic N) is 1. The second-order valence-corrected chi connectivity index (χ2v) is 13.1. The maximum atomic E-state index is 13.6. The average molecular weight is 620 g/mol. The summed E-state index contributed by atoms with van der Waals surface area (Å²) in [5, 5.41) is 5.53. The van der Waals surface area contributed by atoms with Gasteiger partial charge in [-0.1, -0.05) is 13.8 Å². The van der Waals surface area contributed by atoms with Crippen molar-refractivity contribution in [3.8, 4) is 5.75 Å². The van der Waals surface area contributed by atoms with E-state index < -0.39 is 51.1 Å². The quantitative estimate of drug-likeness (QED) is 0.313. The van der Waals surface area contributed by atoms with Gasteiger partial charge in [0.25, 0.3) is 0 Å². The molecule has 3 rings (SSSR count). The molecule has 3 amide bonds. The van der Waals surface area contributed by atoms with Crippen LogP contribution < -0.4 is 14.8 Å². The van der Waals surface area contributed by atoms with Crippen molar-refractivity contribution in [2.24, 2.45) is 5.92 Å². The predicted octanol–water partition coefficient (Wildman–Crippen LogP) is 4.25. The molecular weight excluding hydrogens is 583 g/mol. The van der Waals surface area contributed by atoms with E-state index in [4.69, 9.17) is 9.15 Å². The number of hydrogen-bond acceptors (Lipinski definition) is 8. The Hall–Kier alpha value is -3.49. The fourth-order valence-corrected chi connectivity index (χ4v) is 5.01. The molecule has 2 heterocycles. The van der Waals surface area contributed by atoms with Crippen molar-refractivity contribution >= 4 is 39.0 Å². The molecule has 11 nitrogen and oxygen atoms in total. The lowest BCUT2D eigenvalue weighted by molar-refractivity contribution is -0.138. The molecule has 0 spiro atoms. The maximum absolute atomic E-state index is 13.6. The van der Waals surface area contributed by atoms with E-state index in [1.54, 1.807) is 39.5 Å². The summed E-state index contributed by atoms with van der Waals surface area (Å²) in [6.45, 7) is 10.5. The first-order valence-electron chi connectivity index (χ1n) is 13.4. The van der Waals surface area contributed by atoms with Crippen LogP contribution in [0.4, 0.5) is 18.0 Å². The minimum Gasteiger partial charge on any atom is -0.464 e. The van der Waals surface area contributed by atoms with Crippen LogP contribution in [0.5, 0.6) is 5.75 Å². The molecule has 1 aliphatic heterocycles. The molecule has 2 aromatic rings. The van der Waals surface area contributed by atoms with E-state index in [-0.39, 0.29) is 24.3 Å². The third kappa shape index (κ3) is 8.07. The van der Waals surface area contributed by atoms with Crippen molar-refractivity contribution in [1.82, 2.24) is 15.5 Å². The van der Waals surface area contributed by atoms with Gasteiger partial charge in [0.05, 0.1) is 6.26 Å². The molecule has 0 aliphatic carbocycles. The fourth-order valence-electron chi connectivity index (χ4n) is 4.56. The average Bonchev–Trinajstić information content (AvgIpc) is 3.46. The zero-order valence-corrected chi connectivity index (χ0v) is 25.0. The second-order valence-electron chi connectivity index (χ2n) is 11.5. The molecule has 42 heavy (non-hydrogen) atoms. The number of ether oxygens (including phenoxy) is 1. The molecule has 0 saturated carbocycles. The predicted molar refractivity (Wildman–Crippen MR) is 146 cm³/mol. The first-order valence-corrected chi connectivity index (χ1v) is 14.8. The van der Waals surface area contributed by atoms with Crippen LogP contribution in [0.2, 0.25) is 0 Å². The Labute approximate surface area is 242 Å². The van der Waals surface area contributed by atoms with E-state index in [0.29, 0.717) is 35.9 Å². The number of amides is 3. The smallest absolute Gasteiger partial charge is 0.464 e. The van der Waals surface area contributed by atoms with Crippen LogP contribution in [-0.4, -0.2) is 67.0 Å². The second kappa shape index (κ2) is 12.4. The lowest BCUT2D eigenvalue weighted by atomic mass is 9.99. The van der Waals surface area contributed by atoms with Gasteiger partial charge in [-0.15, -0.1) is 0 Å². The molecule has 1 aromatic carbocycles. The summed E-state index contributed by atoms with van der Waals surface area (Å²) in [6.07, 6.45) is 2.20. The van der Waals surface area contributed by atoms with Crippen molar-refractivity contribution in [2.75, 3.05) is 6.54 Å². The molecule has 15 heteroatoms. The van der Waals surface area contributed by atoms with Gasteiger partial charge in [0, 0.05) is 23.5 Å². The summed E-state index contributed by atoms with van der Waals surface area (Å²) in [6, 6.07) is 1.31. The van der Waals surface area contributed by atoms with Gasteiger partial charge >= 0.3 is 21.7 Å². The highest BCUT2D eigenvalue weighted by Crippen LogP contribution is 2.33. The summed E-state index contributed by atoms with van der Waals surface area (Å²) < 4.78 is 76.2. The van der Waals surface area contributed by atoms with Gasteiger partial charge in [-0.2, -0.15) is 21.6 Å². The third-order valence-corrected chi connectivity index (χ3v) is 7.57. The minimum atomic E-state index is -5.85. The Bertz CT molecular complexity index is 1420. The number of carbonyl (C=O) groups is 3. The number of rotatable bonds is 9. The number of carbonyl (C=O) groups excluding carboxylic acids is 3. The molecule has 1 aliphatic rings. The van der Waals surface area contributed by atoms with E-state index >= 15 is 0 Å². The normalized spacial score (nSPS) is 17.7. The van der Waals surface area contributed by atoms with Crippen molar-refractivity contribution in [1.29, 1.82) is 0 Å². The SMILES string of the molecule is CC(NC(=O)OC(C)(C)C)C(=O)NC(C(=O)N1CCCC1Cc1coc2ccc(OS(=O)(=O)C(F)(F)F)cc12)C(C)C. The Morgan fingerprint density at radius 2 is 1.79 bits per heavy atom. The first-order chi connectivity index (χ1) is 19.3. The lowest BCUT2D eigenvalue weighted by Gasteiger charge is -2.31. The molecule has 1 saturated heterocycles. The van der Waals surface area contributed by atoms with E-state index in [9.17, 15) is 36.0 Å². The number of hydrogen-bond donors (Lipinski definition) is 2. The third-order valence-electron chi connectivity index (χ3n) is 6.59. The minimum absolute atomic E-state index is 0.267. The molecule has 1 fully saturated rings. The highest BCUT2D eigenvalue weighted by Gasteiger charge is 2.48. The number of nitrogens with one attached hydrogen (secondary N) is 2. The molecule has 234 valence electrons. The van der Waals surface area contributed by atoms with Gasteiger partial charge < -0.3 is 28.9 Å². The summed E-state index contributed by atoms with van der Waals surface area (Å²) in [5.41, 5.74) is -5.49. The standard InChI is InChI=1S/C27H36F3N3O8S/c1-15(2)22(32-23(34)16(3)31-25(36)40-26(4,5)6)24(35)33-11-7-8-18(33)12-17-14-39-21-10-9-19(13-20(17)21)41-42(37,38)27(28,29)30/h9-10,13-16,18,22H,7-8,11-12H2,1-6H3,(H,31,36)(H,32,34). The first kappa shape index (κ1) is 33.0. The highest BCUT2D eigenvalue weighted by molar-refractivity contribution is 7.88. The number of halogens is 3. The zero-order chi connectivity index (χ0) is 31.6. The number of alkyl halides is 3. The van der Waals surface area contributed by atoms with Crippen molar-refractivity contribution < 1.29 is 49.3 Å². The van der Waals surface area contributed by atoms with Gasteiger partial charge in [0.2, 0.25) is 11.8 Å². The van der Waals surface area contributed by atoms with Crippen LogP contribution >= 0.6 is 0 Å². The Balaban J connectivity index is 1.74. The highest BCUT2D eigenvalue weighted by atomic mass is 32.2. The molecular formula is C27H36F3N3O8S. The van der Waals surface area contributed by atoms with Gasteiger partial charge in [-0.3, -0.25) is 9.59 Å². The number of benzene rings is 1. The van der Waals surface area contributed by atoms with Crippen LogP contribution in [-0.2, 0) is 30.9 Å².